The van der Waals surface area contributed by atoms with Crippen LogP contribution in [-0.4, -0.2) is 36.2 Å². The molecule has 0 aliphatic carbocycles. The van der Waals surface area contributed by atoms with Crippen LogP contribution in [0.5, 0.6) is 0 Å². The maximum atomic E-state index is 6.05. The van der Waals surface area contributed by atoms with E-state index in [1.165, 1.54) is 0 Å². The van der Waals surface area contributed by atoms with Gasteiger partial charge >= 0.3 is 0 Å². The van der Waals surface area contributed by atoms with E-state index >= 15 is 0 Å². The second-order valence-corrected chi connectivity index (χ2v) is 3.76. The number of hydrogen-bond acceptors (Lipinski definition) is 3. The second-order valence-electron chi connectivity index (χ2n) is 3.36. The minimum atomic E-state index is 0.798. The van der Waals surface area contributed by atoms with Crippen molar-refractivity contribution < 1.29 is 4.74 Å². The van der Waals surface area contributed by atoms with E-state index in [4.69, 9.17) is 16.3 Å². The van der Waals surface area contributed by atoms with Gasteiger partial charge in [-0.1, -0.05) is 11.6 Å². The molecule has 1 aliphatic heterocycles. The lowest BCUT2D eigenvalue weighted by atomic mass is 10.2. The van der Waals surface area contributed by atoms with E-state index in [1.54, 1.807) is 6.20 Å². The van der Waals surface area contributed by atoms with Crippen molar-refractivity contribution >= 4 is 11.6 Å². The van der Waals surface area contributed by atoms with Gasteiger partial charge in [0.2, 0.25) is 0 Å². The molecular weight excluding hydrogens is 200 g/mol. The molecule has 0 spiro atoms. The molecule has 0 radical (unpaired) electrons. The summed E-state index contributed by atoms with van der Waals surface area (Å²) < 4.78 is 5.28. The van der Waals surface area contributed by atoms with Crippen LogP contribution in [0.15, 0.2) is 18.5 Å². The number of ether oxygens (including phenoxy) is 1. The van der Waals surface area contributed by atoms with E-state index in [0.717, 1.165) is 43.4 Å². The number of hydrogen-bond donors (Lipinski definition) is 0. The molecule has 1 fully saturated rings. The Hall–Kier alpha value is -0.640. The molecule has 0 amide bonds. The number of pyridine rings is 1. The quantitative estimate of drug-likeness (QED) is 0.744. The van der Waals surface area contributed by atoms with Crippen molar-refractivity contribution in [3.8, 4) is 0 Å². The highest BCUT2D eigenvalue weighted by atomic mass is 35.5. The Morgan fingerprint density at radius 2 is 2.21 bits per heavy atom. The van der Waals surface area contributed by atoms with Crippen molar-refractivity contribution in [2.45, 2.75) is 6.54 Å². The summed E-state index contributed by atoms with van der Waals surface area (Å²) in [6.45, 7) is 4.46. The second kappa shape index (κ2) is 4.73. The topological polar surface area (TPSA) is 25.4 Å². The van der Waals surface area contributed by atoms with Crippen molar-refractivity contribution in [3.05, 3.63) is 29.0 Å². The molecule has 76 valence electrons. The van der Waals surface area contributed by atoms with E-state index in [0.29, 0.717) is 0 Å². The first kappa shape index (κ1) is 9.90. The van der Waals surface area contributed by atoms with Crippen LogP contribution < -0.4 is 0 Å². The van der Waals surface area contributed by atoms with Gasteiger partial charge in [-0.15, -0.1) is 0 Å². The van der Waals surface area contributed by atoms with Crippen molar-refractivity contribution in [2.24, 2.45) is 0 Å². The standard InChI is InChI=1S/C10H13ClN2O/c11-10-1-2-12-7-9(10)8-13-3-5-14-6-4-13/h1-2,7H,3-6,8H2. The van der Waals surface area contributed by atoms with Crippen LogP contribution in [-0.2, 0) is 11.3 Å². The fourth-order valence-corrected chi connectivity index (χ4v) is 1.69. The number of nitrogens with zero attached hydrogens (tertiary/aromatic N) is 2. The van der Waals surface area contributed by atoms with Gasteiger partial charge in [0.05, 0.1) is 13.2 Å². The number of rotatable bonds is 2. The first-order valence-corrected chi connectivity index (χ1v) is 5.12. The minimum Gasteiger partial charge on any atom is -0.379 e. The van der Waals surface area contributed by atoms with Crippen molar-refractivity contribution in [2.75, 3.05) is 26.3 Å². The number of aromatic nitrogens is 1. The third kappa shape index (κ3) is 2.44. The minimum absolute atomic E-state index is 0.798. The molecule has 1 saturated heterocycles. The fourth-order valence-electron chi connectivity index (χ4n) is 1.53. The molecule has 0 bridgehead atoms. The Bertz CT molecular complexity index is 300. The van der Waals surface area contributed by atoms with Crippen molar-refractivity contribution in [3.63, 3.8) is 0 Å². The molecule has 3 nitrogen and oxygen atoms in total. The van der Waals surface area contributed by atoms with E-state index in [2.05, 4.69) is 9.88 Å². The molecule has 1 aromatic heterocycles. The highest BCUT2D eigenvalue weighted by molar-refractivity contribution is 6.31. The van der Waals surface area contributed by atoms with Gasteiger partial charge in [0.25, 0.3) is 0 Å². The lowest BCUT2D eigenvalue weighted by Gasteiger charge is -2.26. The van der Waals surface area contributed by atoms with Gasteiger partial charge in [0, 0.05) is 42.6 Å². The van der Waals surface area contributed by atoms with Crippen molar-refractivity contribution in [1.82, 2.24) is 9.88 Å². The van der Waals surface area contributed by atoms with Crippen LogP contribution in [0.3, 0.4) is 0 Å². The molecule has 1 aliphatic rings. The Morgan fingerprint density at radius 3 is 2.93 bits per heavy atom. The van der Waals surface area contributed by atoms with Crippen LogP contribution in [0, 0.1) is 0 Å². The van der Waals surface area contributed by atoms with E-state index in [9.17, 15) is 0 Å². The van der Waals surface area contributed by atoms with Crippen LogP contribution >= 0.6 is 11.6 Å². The maximum Gasteiger partial charge on any atom is 0.0594 e. The highest BCUT2D eigenvalue weighted by Gasteiger charge is 2.11. The zero-order valence-electron chi connectivity index (χ0n) is 7.95. The summed E-state index contributed by atoms with van der Waals surface area (Å²) in [5.74, 6) is 0. The molecule has 0 atom stereocenters. The summed E-state index contributed by atoms with van der Waals surface area (Å²) in [6, 6.07) is 1.83. The van der Waals surface area contributed by atoms with Gasteiger partial charge in [-0.05, 0) is 6.07 Å². The van der Waals surface area contributed by atoms with Gasteiger partial charge < -0.3 is 4.74 Å². The van der Waals surface area contributed by atoms with Crippen LogP contribution in [0.25, 0.3) is 0 Å². The normalized spacial score (nSPS) is 18.4. The predicted molar refractivity (Wildman–Crippen MR) is 55.3 cm³/mol. The number of morpholine rings is 1. The molecule has 1 aromatic rings. The lowest BCUT2D eigenvalue weighted by Crippen LogP contribution is -2.35. The van der Waals surface area contributed by atoms with Gasteiger partial charge in [-0.3, -0.25) is 9.88 Å². The van der Waals surface area contributed by atoms with Gasteiger partial charge in [-0.2, -0.15) is 0 Å². The largest absolute Gasteiger partial charge is 0.379 e. The zero-order chi connectivity index (χ0) is 9.80. The van der Waals surface area contributed by atoms with Crippen LogP contribution in [0.1, 0.15) is 5.56 Å². The molecule has 2 heterocycles. The summed E-state index contributed by atoms with van der Waals surface area (Å²) in [5.41, 5.74) is 1.09. The average Bonchev–Trinajstić information content (AvgIpc) is 2.23. The number of halogens is 1. The van der Waals surface area contributed by atoms with Gasteiger partial charge in [0.1, 0.15) is 0 Å². The van der Waals surface area contributed by atoms with Crippen LogP contribution in [0.2, 0.25) is 5.02 Å². The van der Waals surface area contributed by atoms with E-state index in [1.807, 2.05) is 12.3 Å². The molecule has 14 heavy (non-hydrogen) atoms. The SMILES string of the molecule is Clc1ccncc1CN1CCOCC1. The smallest absolute Gasteiger partial charge is 0.0594 e. The van der Waals surface area contributed by atoms with Gasteiger partial charge in [-0.25, -0.2) is 0 Å². The molecule has 0 saturated carbocycles. The summed E-state index contributed by atoms with van der Waals surface area (Å²) in [6.07, 6.45) is 3.54. The Labute approximate surface area is 88.6 Å². The third-order valence-electron chi connectivity index (χ3n) is 2.34. The maximum absolute atomic E-state index is 6.05. The van der Waals surface area contributed by atoms with E-state index < -0.39 is 0 Å². The fraction of sp³-hybridized carbons (Fsp3) is 0.500. The Kier molecular flexibility index (Phi) is 3.35. The highest BCUT2D eigenvalue weighted by Crippen LogP contribution is 2.16. The summed E-state index contributed by atoms with van der Waals surface area (Å²) >= 11 is 6.05. The average molecular weight is 213 g/mol. The molecule has 4 heteroatoms. The van der Waals surface area contributed by atoms with E-state index in [-0.39, 0.29) is 0 Å². The third-order valence-corrected chi connectivity index (χ3v) is 2.71. The summed E-state index contributed by atoms with van der Waals surface area (Å²) in [4.78, 5) is 6.39. The zero-order valence-corrected chi connectivity index (χ0v) is 8.70. The van der Waals surface area contributed by atoms with Crippen molar-refractivity contribution in [1.29, 1.82) is 0 Å². The molecule has 0 unspecified atom stereocenters. The Balaban J connectivity index is 1.99. The van der Waals surface area contributed by atoms with Crippen LogP contribution in [0.4, 0.5) is 0 Å². The first-order chi connectivity index (χ1) is 6.86. The molecule has 2 rings (SSSR count). The monoisotopic (exact) mass is 212 g/mol. The molecule has 0 aromatic carbocycles. The van der Waals surface area contributed by atoms with Gasteiger partial charge in [0.15, 0.2) is 0 Å². The molecule has 0 N–H and O–H groups in total. The predicted octanol–water partition coefficient (Wildman–Crippen LogP) is 1.57. The summed E-state index contributed by atoms with van der Waals surface area (Å²) in [5, 5.41) is 0.798. The first-order valence-electron chi connectivity index (χ1n) is 4.75. The Morgan fingerprint density at radius 1 is 1.43 bits per heavy atom. The molecular formula is C10H13ClN2O. The summed E-state index contributed by atoms with van der Waals surface area (Å²) in [7, 11) is 0. The lowest BCUT2D eigenvalue weighted by molar-refractivity contribution is 0.0341.